The molecule has 0 saturated heterocycles. The quantitative estimate of drug-likeness (QED) is 0.794. The highest BCUT2D eigenvalue weighted by Gasteiger charge is 2.58. The number of nitrogens with zero attached hydrogens (tertiary/aromatic N) is 1. The van der Waals surface area contributed by atoms with E-state index in [-0.39, 0.29) is 17.1 Å². The standard InChI is InChI=1S/C10H22N2O3S/c1-9(2)8(7-10(9,3)15-6)11-16(13,14)12(4)5/h8,11H,7H2,1-6H3. The van der Waals surface area contributed by atoms with E-state index >= 15 is 0 Å². The summed E-state index contributed by atoms with van der Waals surface area (Å²) in [6, 6.07) is -0.0788. The lowest BCUT2D eigenvalue weighted by molar-refractivity contribution is -0.175. The summed E-state index contributed by atoms with van der Waals surface area (Å²) >= 11 is 0. The van der Waals surface area contributed by atoms with Gasteiger partial charge in [0.2, 0.25) is 0 Å². The lowest BCUT2D eigenvalue weighted by Gasteiger charge is -2.59. The van der Waals surface area contributed by atoms with Crippen LogP contribution in [0.15, 0.2) is 0 Å². The summed E-state index contributed by atoms with van der Waals surface area (Å²) in [5, 5.41) is 0. The molecule has 96 valence electrons. The molecule has 1 aliphatic rings. The summed E-state index contributed by atoms with van der Waals surface area (Å²) in [4.78, 5) is 0. The fourth-order valence-electron chi connectivity index (χ4n) is 1.97. The molecule has 1 N–H and O–H groups in total. The summed E-state index contributed by atoms with van der Waals surface area (Å²) in [6.45, 7) is 6.04. The van der Waals surface area contributed by atoms with E-state index in [1.165, 1.54) is 18.4 Å². The zero-order chi connectivity index (χ0) is 12.8. The first-order valence-electron chi connectivity index (χ1n) is 5.32. The zero-order valence-corrected chi connectivity index (χ0v) is 11.7. The van der Waals surface area contributed by atoms with Gasteiger partial charge in [0.25, 0.3) is 10.2 Å². The summed E-state index contributed by atoms with van der Waals surface area (Å²) in [6.07, 6.45) is 0.698. The molecule has 0 bridgehead atoms. The van der Waals surface area contributed by atoms with Gasteiger partial charge in [-0.2, -0.15) is 17.4 Å². The van der Waals surface area contributed by atoms with Crippen molar-refractivity contribution in [3.05, 3.63) is 0 Å². The minimum atomic E-state index is -3.36. The van der Waals surface area contributed by atoms with Crippen molar-refractivity contribution in [1.29, 1.82) is 0 Å². The Morgan fingerprint density at radius 1 is 1.31 bits per heavy atom. The van der Waals surface area contributed by atoms with Crippen LogP contribution in [-0.2, 0) is 14.9 Å². The van der Waals surface area contributed by atoms with Crippen LogP contribution in [-0.4, -0.2) is 45.6 Å². The van der Waals surface area contributed by atoms with Gasteiger partial charge in [-0.1, -0.05) is 13.8 Å². The highest BCUT2D eigenvalue weighted by molar-refractivity contribution is 7.87. The molecular weight excluding hydrogens is 228 g/mol. The van der Waals surface area contributed by atoms with Crippen LogP contribution in [0.3, 0.4) is 0 Å². The Morgan fingerprint density at radius 2 is 1.81 bits per heavy atom. The minimum absolute atomic E-state index is 0.0788. The molecule has 0 heterocycles. The molecule has 0 radical (unpaired) electrons. The third-order valence-electron chi connectivity index (χ3n) is 4.05. The van der Waals surface area contributed by atoms with Crippen LogP contribution < -0.4 is 4.72 Å². The second-order valence-corrected chi connectivity index (χ2v) is 7.23. The maximum atomic E-state index is 11.7. The first-order chi connectivity index (χ1) is 7.07. The Balaban J connectivity index is 2.76. The Morgan fingerprint density at radius 3 is 2.12 bits per heavy atom. The van der Waals surface area contributed by atoms with Crippen molar-refractivity contribution < 1.29 is 13.2 Å². The highest BCUT2D eigenvalue weighted by Crippen LogP contribution is 2.51. The third-order valence-corrected chi connectivity index (χ3v) is 5.59. The maximum absolute atomic E-state index is 11.7. The number of ether oxygens (including phenoxy) is 1. The van der Waals surface area contributed by atoms with Crippen LogP contribution in [0.1, 0.15) is 27.2 Å². The Hall–Kier alpha value is -0.170. The molecule has 0 amide bonds. The van der Waals surface area contributed by atoms with Gasteiger partial charge < -0.3 is 4.74 Å². The monoisotopic (exact) mass is 250 g/mol. The molecular formula is C10H22N2O3S. The van der Waals surface area contributed by atoms with Gasteiger partial charge in [0.05, 0.1) is 5.60 Å². The molecule has 16 heavy (non-hydrogen) atoms. The molecule has 0 spiro atoms. The minimum Gasteiger partial charge on any atom is -0.378 e. The van der Waals surface area contributed by atoms with E-state index in [9.17, 15) is 8.42 Å². The van der Waals surface area contributed by atoms with Gasteiger partial charge in [-0.15, -0.1) is 0 Å². The van der Waals surface area contributed by atoms with Crippen LogP contribution in [0.4, 0.5) is 0 Å². The van der Waals surface area contributed by atoms with Crippen LogP contribution in [0, 0.1) is 5.41 Å². The van der Waals surface area contributed by atoms with E-state index in [4.69, 9.17) is 4.74 Å². The fraction of sp³-hybridized carbons (Fsp3) is 1.00. The molecule has 0 aromatic rings. The van der Waals surface area contributed by atoms with Crippen molar-refractivity contribution >= 4 is 10.2 Å². The molecule has 0 aromatic carbocycles. The third kappa shape index (κ3) is 1.99. The molecule has 2 atom stereocenters. The van der Waals surface area contributed by atoms with E-state index in [1.54, 1.807) is 7.11 Å². The van der Waals surface area contributed by atoms with Gasteiger partial charge in [0.15, 0.2) is 0 Å². The predicted octanol–water partition coefficient (Wildman–Crippen LogP) is 0.586. The molecule has 0 aliphatic heterocycles. The summed E-state index contributed by atoms with van der Waals surface area (Å²) in [5.74, 6) is 0. The average molecular weight is 250 g/mol. The lowest BCUT2D eigenvalue weighted by Crippen LogP contribution is -2.69. The van der Waals surface area contributed by atoms with Gasteiger partial charge >= 0.3 is 0 Å². The van der Waals surface area contributed by atoms with Crippen LogP contribution in [0.2, 0.25) is 0 Å². The fourth-order valence-corrected chi connectivity index (χ4v) is 2.91. The van der Waals surface area contributed by atoms with Gasteiger partial charge in [-0.3, -0.25) is 0 Å². The topological polar surface area (TPSA) is 58.6 Å². The first-order valence-corrected chi connectivity index (χ1v) is 6.76. The smallest absolute Gasteiger partial charge is 0.279 e. The Labute approximate surface area is 98.3 Å². The van der Waals surface area contributed by atoms with Gasteiger partial charge in [-0.25, -0.2) is 0 Å². The van der Waals surface area contributed by atoms with E-state index in [0.29, 0.717) is 6.42 Å². The summed E-state index contributed by atoms with van der Waals surface area (Å²) in [5.41, 5.74) is -0.461. The Kier molecular flexibility index (Phi) is 3.42. The highest BCUT2D eigenvalue weighted by atomic mass is 32.2. The predicted molar refractivity (Wildman–Crippen MR) is 63.3 cm³/mol. The molecule has 5 nitrogen and oxygen atoms in total. The molecule has 2 unspecified atom stereocenters. The van der Waals surface area contributed by atoms with E-state index < -0.39 is 10.2 Å². The normalized spacial score (nSPS) is 33.8. The molecule has 1 rings (SSSR count). The molecule has 6 heteroatoms. The molecule has 1 saturated carbocycles. The summed E-state index contributed by atoms with van der Waals surface area (Å²) in [7, 11) is 1.34. The summed E-state index contributed by atoms with van der Waals surface area (Å²) < 4.78 is 32.7. The largest absolute Gasteiger partial charge is 0.378 e. The lowest BCUT2D eigenvalue weighted by atomic mass is 9.56. The average Bonchev–Trinajstić information content (AvgIpc) is 2.16. The zero-order valence-electron chi connectivity index (χ0n) is 10.9. The van der Waals surface area contributed by atoms with Crippen LogP contribution in [0.5, 0.6) is 0 Å². The Bertz CT molecular complexity index is 364. The van der Waals surface area contributed by atoms with Gasteiger partial charge in [0, 0.05) is 32.7 Å². The number of hydrogen-bond acceptors (Lipinski definition) is 3. The second-order valence-electron chi connectivity index (χ2n) is 5.32. The van der Waals surface area contributed by atoms with Crippen molar-refractivity contribution in [2.24, 2.45) is 5.41 Å². The molecule has 1 fully saturated rings. The van der Waals surface area contributed by atoms with Crippen LogP contribution in [0.25, 0.3) is 0 Å². The van der Waals surface area contributed by atoms with Gasteiger partial charge in [-0.05, 0) is 13.3 Å². The number of nitrogens with one attached hydrogen (secondary N) is 1. The molecule has 0 aromatic heterocycles. The number of rotatable bonds is 4. The van der Waals surface area contributed by atoms with Crippen molar-refractivity contribution in [1.82, 2.24) is 9.03 Å². The number of hydrogen-bond donors (Lipinski definition) is 1. The van der Waals surface area contributed by atoms with Crippen molar-refractivity contribution in [2.45, 2.75) is 38.8 Å². The van der Waals surface area contributed by atoms with Crippen LogP contribution >= 0.6 is 0 Å². The SMILES string of the molecule is COC1(C)CC(NS(=O)(=O)N(C)C)C1(C)C. The maximum Gasteiger partial charge on any atom is 0.279 e. The van der Waals surface area contributed by atoms with Crippen molar-refractivity contribution in [3.63, 3.8) is 0 Å². The number of methoxy groups -OCH3 is 1. The first kappa shape index (κ1) is 13.9. The molecule has 1 aliphatic carbocycles. The van der Waals surface area contributed by atoms with Crippen molar-refractivity contribution in [3.8, 4) is 0 Å². The van der Waals surface area contributed by atoms with E-state index in [1.807, 2.05) is 20.8 Å². The second kappa shape index (κ2) is 3.94. The van der Waals surface area contributed by atoms with Crippen molar-refractivity contribution in [2.75, 3.05) is 21.2 Å². The van der Waals surface area contributed by atoms with E-state index in [0.717, 1.165) is 0 Å². The van der Waals surface area contributed by atoms with E-state index in [2.05, 4.69) is 4.72 Å². The van der Waals surface area contributed by atoms with Gasteiger partial charge in [0.1, 0.15) is 0 Å².